The number of amides is 2. The first-order chi connectivity index (χ1) is 38.9. The second kappa shape index (κ2) is 19.3. The number of hydrogen-bond donors (Lipinski definition) is 3. The highest BCUT2D eigenvalue weighted by atomic mass is 19.1. The van der Waals surface area contributed by atoms with E-state index >= 15 is 0 Å². The quantitative estimate of drug-likeness (QED) is 0.0831. The molecule has 424 valence electrons. The lowest BCUT2D eigenvalue weighted by Gasteiger charge is -2.44. The van der Waals surface area contributed by atoms with Crippen molar-refractivity contribution in [1.29, 1.82) is 0 Å². The molecule has 0 spiro atoms. The van der Waals surface area contributed by atoms with Gasteiger partial charge in [-0.25, -0.2) is 24.3 Å². The van der Waals surface area contributed by atoms with Crippen molar-refractivity contribution in [3.8, 4) is 34.5 Å². The highest BCUT2D eigenvalue weighted by Crippen LogP contribution is 2.46. The van der Waals surface area contributed by atoms with Crippen LogP contribution in [-0.2, 0) is 37.0 Å². The molecule has 2 bridgehead atoms. The molecule has 2 amide bonds. The number of piperidine rings is 2. The number of likely N-dealkylation sites (tertiary alicyclic amines) is 2. The lowest BCUT2D eigenvalue weighted by molar-refractivity contribution is -0.0937. The zero-order valence-electron chi connectivity index (χ0n) is 47.4. The SMILES string of the molecule is COc1cc(C(=O)N2C[C@H]3CC[C@@H]2[C@@H]3Nc2ccc3cc(-c4nc5cc(C(=O)N6C[C@H](N)C[C@@H](F)C6)cc(OC)c5n4CC4CC(C)(OC)C4)n(CC4CC4)c3n2)cc2nc(-c3cc4ccc(C(C)(C)O)nc4n3CC3CC3)n(C)c12. The molecular weight excluding hydrogens is 1030 g/mol. The molecule has 2 aliphatic heterocycles. The van der Waals surface area contributed by atoms with Crippen LogP contribution >= 0.6 is 0 Å². The minimum absolute atomic E-state index is 0.00140. The monoisotopic (exact) mass is 1100 g/mol. The number of benzene rings is 2. The number of rotatable bonds is 16. The van der Waals surface area contributed by atoms with E-state index in [0.29, 0.717) is 70.2 Å². The second-order valence-corrected chi connectivity index (χ2v) is 25.3. The van der Waals surface area contributed by atoms with Crippen LogP contribution in [0.2, 0.25) is 0 Å². The molecule has 5 atom stereocenters. The van der Waals surface area contributed by atoms with Crippen LogP contribution in [0.3, 0.4) is 0 Å². The highest BCUT2D eigenvalue weighted by Gasteiger charge is 2.49. The van der Waals surface area contributed by atoms with Gasteiger partial charge < -0.3 is 58.4 Å². The van der Waals surface area contributed by atoms with Crippen molar-refractivity contribution in [2.75, 3.05) is 46.3 Å². The van der Waals surface area contributed by atoms with Gasteiger partial charge in [-0.05, 0) is 163 Å². The Labute approximate surface area is 469 Å². The smallest absolute Gasteiger partial charge is 0.254 e. The molecule has 0 radical (unpaired) electrons. The molecular formula is C62H73FN12O6. The summed E-state index contributed by atoms with van der Waals surface area (Å²) in [5.41, 5.74) is 12.9. The van der Waals surface area contributed by atoms with Gasteiger partial charge in [-0.3, -0.25) is 9.59 Å². The average Bonchev–Trinajstić information content (AvgIpc) is 3.98. The standard InChI is InChI=1S/C62H73FN12O6/c1-61(2,78)50-16-13-36-20-46(72(55(36)67-50)27-33-8-9-33)57-65-43-19-40(23-48(79-5)53(43)70(57)4)60(77)74-30-38-12-15-45(74)52(38)68-51-17-14-37-21-47(73(56(37)69-51)28-34-10-11-34)58-66-44-18-39(59(76)71-31-41(63)24-42(64)32-71)22-49(80-6)54(44)75(58)29-35-25-62(3,26-35)81-7/h13-14,16-23,33-35,38,41-42,45,52,78H,8-12,15,24-32,64H2,1-7H3,(H,68,69)/t35?,38-,41-,42-,45-,52-,62?/m1/s1. The lowest BCUT2D eigenvalue weighted by atomic mass is 9.72. The van der Waals surface area contributed by atoms with E-state index < -0.39 is 17.8 Å². The summed E-state index contributed by atoms with van der Waals surface area (Å²) in [5, 5.41) is 16.7. The first kappa shape index (κ1) is 52.0. The van der Waals surface area contributed by atoms with E-state index in [1.807, 2.05) is 42.3 Å². The molecule has 0 unspecified atom stereocenters. The van der Waals surface area contributed by atoms with Crippen LogP contribution in [0.4, 0.5) is 10.2 Å². The number of carbonyl (C=O) groups excluding carboxylic acids is 2. The average molecular weight is 1100 g/mol. The third kappa shape index (κ3) is 9.08. The van der Waals surface area contributed by atoms with Crippen LogP contribution in [0, 0.1) is 23.7 Å². The van der Waals surface area contributed by atoms with E-state index in [1.54, 1.807) is 41.2 Å². The Hall–Kier alpha value is -7.09. The summed E-state index contributed by atoms with van der Waals surface area (Å²) in [4.78, 5) is 53.5. The number of aliphatic hydroxyl groups is 1. The zero-order chi connectivity index (χ0) is 56.0. The summed E-state index contributed by atoms with van der Waals surface area (Å²) in [6.07, 6.45) is 7.31. The number of pyridine rings is 2. The fourth-order valence-corrected chi connectivity index (χ4v) is 14.2. The van der Waals surface area contributed by atoms with E-state index in [2.05, 4.69) is 54.8 Å². The number of fused-ring (bicyclic) bond motifs is 6. The molecule has 6 aliphatic rings. The molecule has 18 nitrogen and oxygen atoms in total. The van der Waals surface area contributed by atoms with Gasteiger partial charge in [0.05, 0.1) is 66.6 Å². The van der Waals surface area contributed by atoms with Gasteiger partial charge >= 0.3 is 0 Å². The van der Waals surface area contributed by atoms with Crippen LogP contribution in [-0.4, -0.2) is 136 Å². The Balaban J connectivity index is 0.772. The number of alkyl halides is 1. The number of aryl methyl sites for hydroxylation is 1. The van der Waals surface area contributed by atoms with E-state index in [1.165, 1.54) is 4.90 Å². The predicted molar refractivity (Wildman–Crippen MR) is 308 cm³/mol. The molecule has 14 rings (SSSR count). The van der Waals surface area contributed by atoms with E-state index in [4.69, 9.17) is 39.9 Å². The van der Waals surface area contributed by atoms with Crippen molar-refractivity contribution in [3.63, 3.8) is 0 Å². The number of anilines is 1. The van der Waals surface area contributed by atoms with Crippen molar-refractivity contribution in [2.45, 2.75) is 134 Å². The van der Waals surface area contributed by atoms with E-state index in [0.717, 1.165) is 126 Å². The molecule has 4 aliphatic carbocycles. The summed E-state index contributed by atoms with van der Waals surface area (Å²) < 4.78 is 41.7. The third-order valence-corrected chi connectivity index (χ3v) is 18.8. The van der Waals surface area contributed by atoms with Gasteiger partial charge in [-0.2, -0.15) is 0 Å². The van der Waals surface area contributed by atoms with E-state index in [-0.39, 0.29) is 54.9 Å². The van der Waals surface area contributed by atoms with Crippen molar-refractivity contribution < 1.29 is 33.3 Å². The summed E-state index contributed by atoms with van der Waals surface area (Å²) in [7, 11) is 7.03. The molecule has 81 heavy (non-hydrogen) atoms. The normalized spacial score (nSPS) is 24.8. The van der Waals surface area contributed by atoms with Crippen LogP contribution in [0.1, 0.15) is 105 Å². The Morgan fingerprint density at radius 2 is 1.33 bits per heavy atom. The molecule has 6 aromatic heterocycles. The van der Waals surface area contributed by atoms with Crippen molar-refractivity contribution in [2.24, 2.45) is 36.5 Å². The maximum Gasteiger partial charge on any atom is 0.254 e. The van der Waals surface area contributed by atoms with E-state index in [9.17, 15) is 19.1 Å². The van der Waals surface area contributed by atoms with Gasteiger partial charge in [0, 0.05) is 74.8 Å². The Morgan fingerprint density at radius 3 is 1.98 bits per heavy atom. The van der Waals surface area contributed by atoms with Gasteiger partial charge in [-0.1, -0.05) is 0 Å². The number of methoxy groups -OCH3 is 3. The van der Waals surface area contributed by atoms with Crippen LogP contribution in [0.5, 0.6) is 11.5 Å². The number of nitrogens with zero attached hydrogens (tertiary/aromatic N) is 10. The molecule has 4 N–H and O–H groups in total. The van der Waals surface area contributed by atoms with Gasteiger partial charge in [0.25, 0.3) is 11.8 Å². The van der Waals surface area contributed by atoms with Crippen LogP contribution in [0.25, 0.3) is 67.2 Å². The van der Waals surface area contributed by atoms with Crippen LogP contribution < -0.4 is 20.5 Å². The summed E-state index contributed by atoms with van der Waals surface area (Å²) in [6.45, 7) is 8.83. The molecule has 2 saturated heterocycles. The molecule has 6 fully saturated rings. The highest BCUT2D eigenvalue weighted by molar-refractivity contribution is 6.02. The zero-order valence-corrected chi connectivity index (χ0v) is 47.4. The minimum atomic E-state index is -1.18. The van der Waals surface area contributed by atoms with Crippen molar-refractivity contribution >= 4 is 61.8 Å². The molecule has 8 aromatic rings. The van der Waals surface area contributed by atoms with Crippen molar-refractivity contribution in [3.05, 3.63) is 77.5 Å². The third-order valence-electron chi connectivity index (χ3n) is 18.8. The lowest BCUT2D eigenvalue weighted by Crippen LogP contribution is -2.50. The number of aromatic nitrogens is 8. The minimum Gasteiger partial charge on any atom is -0.494 e. The summed E-state index contributed by atoms with van der Waals surface area (Å²) in [6, 6.07) is 19.3. The Morgan fingerprint density at radius 1 is 0.728 bits per heavy atom. The topological polar surface area (TPSA) is 198 Å². The number of ether oxygens (including phenoxy) is 3. The summed E-state index contributed by atoms with van der Waals surface area (Å²) in [5.74, 6) is 4.66. The summed E-state index contributed by atoms with van der Waals surface area (Å²) >= 11 is 0. The van der Waals surface area contributed by atoms with Gasteiger partial charge in [-0.15, -0.1) is 0 Å². The number of imidazole rings is 2. The molecule has 2 aromatic carbocycles. The molecule has 19 heteroatoms. The Kier molecular flexibility index (Phi) is 12.4. The van der Waals surface area contributed by atoms with Crippen LogP contribution in [0.15, 0.2) is 60.7 Å². The Bertz CT molecular complexity index is 3830. The number of halogens is 1. The second-order valence-electron chi connectivity index (χ2n) is 25.3. The number of carbonyl (C=O) groups is 2. The van der Waals surface area contributed by atoms with Gasteiger partial charge in [0.2, 0.25) is 0 Å². The first-order valence-corrected chi connectivity index (χ1v) is 29.1. The largest absolute Gasteiger partial charge is 0.494 e. The maximum atomic E-state index is 14.9. The predicted octanol–water partition coefficient (Wildman–Crippen LogP) is 9.06. The number of hydrogen-bond acceptors (Lipinski definition) is 12. The van der Waals surface area contributed by atoms with Gasteiger partial charge in [0.15, 0.2) is 11.6 Å². The maximum absolute atomic E-state index is 14.9. The van der Waals surface area contributed by atoms with Crippen molar-refractivity contribution in [1.82, 2.24) is 48.0 Å². The first-order valence-electron chi connectivity index (χ1n) is 29.1. The molecule has 4 saturated carbocycles. The fourth-order valence-electron chi connectivity index (χ4n) is 14.2. The fraction of sp³-hybridized carbons (Fsp3) is 0.516. The number of nitrogens with two attached hydrogens (primary N) is 1. The number of nitrogens with one attached hydrogen (secondary N) is 1. The van der Waals surface area contributed by atoms with Gasteiger partial charge in [0.1, 0.15) is 51.4 Å². The molecule has 8 heterocycles.